The van der Waals surface area contributed by atoms with Gasteiger partial charge in [0.2, 0.25) is 0 Å². The zero-order chi connectivity index (χ0) is 12.5. The Morgan fingerprint density at radius 2 is 1.82 bits per heavy atom. The first-order valence-electron chi connectivity index (χ1n) is 6.12. The van der Waals surface area contributed by atoms with Gasteiger partial charge in [-0.05, 0) is 36.9 Å². The van der Waals surface area contributed by atoms with Crippen LogP contribution < -0.4 is 5.73 Å². The Morgan fingerprint density at radius 3 is 2.35 bits per heavy atom. The molecule has 0 aliphatic rings. The van der Waals surface area contributed by atoms with Crippen molar-refractivity contribution in [2.24, 2.45) is 5.73 Å². The molecule has 1 atom stereocenters. The Hall–Kier alpha value is -0.900. The normalized spacial score (nSPS) is 12.6. The molecule has 0 saturated heterocycles. The van der Waals surface area contributed by atoms with Crippen molar-refractivity contribution < 1.29 is 9.47 Å². The van der Waals surface area contributed by atoms with Crippen LogP contribution in [0, 0.1) is 0 Å². The van der Waals surface area contributed by atoms with Crippen LogP contribution in [-0.2, 0) is 15.9 Å². The Labute approximate surface area is 104 Å². The number of unbranched alkanes of at least 4 members (excludes halogenated alkanes) is 1. The van der Waals surface area contributed by atoms with E-state index in [4.69, 9.17) is 15.2 Å². The van der Waals surface area contributed by atoms with Gasteiger partial charge in [-0.3, -0.25) is 0 Å². The molecule has 1 unspecified atom stereocenters. The summed E-state index contributed by atoms with van der Waals surface area (Å²) in [7, 11) is 3.39. The Balaban J connectivity index is 2.53. The summed E-state index contributed by atoms with van der Waals surface area (Å²) in [5, 5.41) is 0. The molecule has 0 radical (unpaired) electrons. The van der Waals surface area contributed by atoms with Gasteiger partial charge in [-0.15, -0.1) is 0 Å². The zero-order valence-electron chi connectivity index (χ0n) is 10.8. The molecule has 0 aromatic heterocycles. The zero-order valence-corrected chi connectivity index (χ0v) is 10.8. The third kappa shape index (κ3) is 4.86. The summed E-state index contributed by atoms with van der Waals surface area (Å²) in [6.07, 6.45) is 3.37. The SMILES string of the molecule is COCC(OC)c1ccc(CCCCN)cc1. The highest BCUT2D eigenvalue weighted by Crippen LogP contribution is 2.18. The smallest absolute Gasteiger partial charge is 0.105 e. The van der Waals surface area contributed by atoms with Gasteiger partial charge in [0.05, 0.1) is 6.61 Å². The predicted octanol–water partition coefficient (Wildman–Crippen LogP) is 2.30. The second-order valence-corrected chi connectivity index (χ2v) is 4.17. The lowest BCUT2D eigenvalue weighted by Crippen LogP contribution is -2.08. The first-order valence-corrected chi connectivity index (χ1v) is 6.12. The molecule has 1 aromatic carbocycles. The molecule has 0 bridgehead atoms. The summed E-state index contributed by atoms with van der Waals surface area (Å²) in [4.78, 5) is 0. The fraction of sp³-hybridized carbons (Fsp3) is 0.571. The number of benzene rings is 1. The lowest BCUT2D eigenvalue weighted by molar-refractivity contribution is 0.0275. The topological polar surface area (TPSA) is 44.5 Å². The summed E-state index contributed by atoms with van der Waals surface area (Å²) in [5.41, 5.74) is 8.00. The van der Waals surface area contributed by atoms with Crippen LogP contribution in [0.25, 0.3) is 0 Å². The molecule has 0 aliphatic carbocycles. The maximum Gasteiger partial charge on any atom is 0.105 e. The van der Waals surface area contributed by atoms with Crippen LogP contribution in [0.2, 0.25) is 0 Å². The van der Waals surface area contributed by atoms with Gasteiger partial charge in [-0.1, -0.05) is 24.3 Å². The number of nitrogens with two attached hydrogens (primary N) is 1. The fourth-order valence-corrected chi connectivity index (χ4v) is 1.82. The molecule has 0 spiro atoms. The van der Waals surface area contributed by atoms with Crippen molar-refractivity contribution in [2.45, 2.75) is 25.4 Å². The molecular weight excluding hydrogens is 214 g/mol. The molecule has 1 aromatic rings. The summed E-state index contributed by atoms with van der Waals surface area (Å²) in [6.45, 7) is 1.36. The summed E-state index contributed by atoms with van der Waals surface area (Å²) < 4.78 is 10.5. The minimum Gasteiger partial charge on any atom is -0.382 e. The quantitative estimate of drug-likeness (QED) is 0.706. The van der Waals surface area contributed by atoms with E-state index in [0.29, 0.717) is 6.61 Å². The van der Waals surface area contributed by atoms with E-state index >= 15 is 0 Å². The largest absolute Gasteiger partial charge is 0.382 e. The monoisotopic (exact) mass is 237 g/mol. The Bertz CT molecular complexity index is 298. The number of aryl methyl sites for hydroxylation is 1. The number of methoxy groups -OCH3 is 2. The molecule has 3 heteroatoms. The Morgan fingerprint density at radius 1 is 1.12 bits per heavy atom. The lowest BCUT2D eigenvalue weighted by Gasteiger charge is -2.15. The lowest BCUT2D eigenvalue weighted by atomic mass is 10.0. The molecule has 96 valence electrons. The number of rotatable bonds is 8. The van der Waals surface area contributed by atoms with E-state index in [-0.39, 0.29) is 6.10 Å². The summed E-state index contributed by atoms with van der Waals surface area (Å²) in [5.74, 6) is 0. The first-order chi connectivity index (χ1) is 8.31. The van der Waals surface area contributed by atoms with Crippen molar-refractivity contribution in [2.75, 3.05) is 27.4 Å². The van der Waals surface area contributed by atoms with E-state index < -0.39 is 0 Å². The third-order valence-electron chi connectivity index (χ3n) is 2.87. The maximum atomic E-state index is 5.48. The van der Waals surface area contributed by atoms with Crippen LogP contribution in [0.4, 0.5) is 0 Å². The fourth-order valence-electron chi connectivity index (χ4n) is 1.82. The molecule has 1 rings (SSSR count). The van der Waals surface area contributed by atoms with Crippen LogP contribution in [-0.4, -0.2) is 27.4 Å². The van der Waals surface area contributed by atoms with Gasteiger partial charge in [0.25, 0.3) is 0 Å². The highest BCUT2D eigenvalue weighted by Gasteiger charge is 2.09. The molecule has 2 N–H and O–H groups in total. The van der Waals surface area contributed by atoms with Gasteiger partial charge in [0.1, 0.15) is 6.10 Å². The average Bonchev–Trinajstić information content (AvgIpc) is 2.37. The average molecular weight is 237 g/mol. The van der Waals surface area contributed by atoms with Gasteiger partial charge in [0, 0.05) is 14.2 Å². The molecular formula is C14H23NO2. The maximum absolute atomic E-state index is 5.48. The number of hydrogen-bond acceptors (Lipinski definition) is 3. The van der Waals surface area contributed by atoms with Gasteiger partial charge >= 0.3 is 0 Å². The molecule has 3 nitrogen and oxygen atoms in total. The van der Waals surface area contributed by atoms with Crippen molar-refractivity contribution in [1.29, 1.82) is 0 Å². The van der Waals surface area contributed by atoms with Crippen molar-refractivity contribution in [3.8, 4) is 0 Å². The van der Waals surface area contributed by atoms with Crippen molar-refractivity contribution in [3.63, 3.8) is 0 Å². The summed E-state index contributed by atoms with van der Waals surface area (Å²) in [6, 6.07) is 8.55. The number of ether oxygens (including phenoxy) is 2. The van der Waals surface area contributed by atoms with Gasteiger partial charge in [-0.25, -0.2) is 0 Å². The number of hydrogen-bond donors (Lipinski definition) is 1. The van der Waals surface area contributed by atoms with Crippen LogP contribution in [0.3, 0.4) is 0 Å². The highest BCUT2D eigenvalue weighted by atomic mass is 16.5. The second kappa shape index (κ2) is 8.23. The van der Waals surface area contributed by atoms with Crippen LogP contribution >= 0.6 is 0 Å². The van der Waals surface area contributed by atoms with Crippen molar-refractivity contribution in [1.82, 2.24) is 0 Å². The molecule has 0 heterocycles. The third-order valence-corrected chi connectivity index (χ3v) is 2.87. The molecule has 17 heavy (non-hydrogen) atoms. The van der Waals surface area contributed by atoms with Gasteiger partial charge in [-0.2, -0.15) is 0 Å². The van der Waals surface area contributed by atoms with Crippen LogP contribution in [0.15, 0.2) is 24.3 Å². The minimum atomic E-state index is 0.0260. The predicted molar refractivity (Wildman–Crippen MR) is 70.1 cm³/mol. The molecule has 0 fully saturated rings. The Kier molecular flexibility index (Phi) is 6.86. The van der Waals surface area contributed by atoms with E-state index in [9.17, 15) is 0 Å². The highest BCUT2D eigenvalue weighted by molar-refractivity contribution is 5.24. The van der Waals surface area contributed by atoms with Crippen LogP contribution in [0.5, 0.6) is 0 Å². The van der Waals surface area contributed by atoms with E-state index in [1.165, 1.54) is 5.56 Å². The van der Waals surface area contributed by atoms with Crippen molar-refractivity contribution >= 4 is 0 Å². The second-order valence-electron chi connectivity index (χ2n) is 4.17. The summed E-state index contributed by atoms with van der Waals surface area (Å²) >= 11 is 0. The van der Waals surface area contributed by atoms with Crippen LogP contribution in [0.1, 0.15) is 30.1 Å². The first kappa shape index (κ1) is 14.2. The van der Waals surface area contributed by atoms with Gasteiger partial charge in [0.15, 0.2) is 0 Å². The van der Waals surface area contributed by atoms with Gasteiger partial charge < -0.3 is 15.2 Å². The van der Waals surface area contributed by atoms with E-state index in [1.54, 1.807) is 14.2 Å². The molecule has 0 amide bonds. The van der Waals surface area contributed by atoms with Crippen molar-refractivity contribution in [3.05, 3.63) is 35.4 Å². The van der Waals surface area contributed by atoms with E-state index in [2.05, 4.69) is 24.3 Å². The van der Waals surface area contributed by atoms with E-state index in [1.807, 2.05) is 0 Å². The molecule has 0 saturated carbocycles. The standard InChI is InChI=1S/C14H23NO2/c1-16-11-14(17-2)13-8-6-12(7-9-13)5-3-4-10-15/h6-9,14H,3-5,10-11,15H2,1-2H3. The molecule has 0 aliphatic heterocycles. The minimum absolute atomic E-state index is 0.0260. The van der Waals surface area contributed by atoms with E-state index in [0.717, 1.165) is 31.4 Å².